The van der Waals surface area contributed by atoms with Gasteiger partial charge in [-0.1, -0.05) is 31.9 Å². The molecular weight excluding hydrogens is 208 g/mol. The van der Waals surface area contributed by atoms with Gasteiger partial charge >= 0.3 is 0 Å². The van der Waals surface area contributed by atoms with Gasteiger partial charge in [0.05, 0.1) is 0 Å². The van der Waals surface area contributed by atoms with Gasteiger partial charge < -0.3 is 5.73 Å². The number of nitrogens with zero attached hydrogens (tertiary/aromatic N) is 1. The molecule has 1 aliphatic rings. The van der Waals surface area contributed by atoms with E-state index >= 15 is 0 Å². The Balaban J connectivity index is 2.78. The van der Waals surface area contributed by atoms with Crippen molar-refractivity contribution in [2.45, 2.75) is 71.4 Å². The van der Waals surface area contributed by atoms with Crippen LogP contribution in [0.25, 0.3) is 0 Å². The average Bonchev–Trinajstić information content (AvgIpc) is 2.57. The fourth-order valence-corrected chi connectivity index (χ4v) is 3.01. The van der Waals surface area contributed by atoms with Gasteiger partial charge in [0.15, 0.2) is 0 Å². The first-order valence-electron chi connectivity index (χ1n) is 7.23. The maximum absolute atomic E-state index is 6.54. The van der Waals surface area contributed by atoms with Crippen molar-refractivity contribution in [1.29, 1.82) is 0 Å². The van der Waals surface area contributed by atoms with E-state index in [9.17, 15) is 0 Å². The van der Waals surface area contributed by atoms with Gasteiger partial charge in [-0.15, -0.1) is 0 Å². The Morgan fingerprint density at radius 1 is 1.24 bits per heavy atom. The molecule has 0 heterocycles. The van der Waals surface area contributed by atoms with E-state index in [1.807, 2.05) is 0 Å². The fourth-order valence-electron chi connectivity index (χ4n) is 3.01. The van der Waals surface area contributed by atoms with Crippen molar-refractivity contribution in [3.05, 3.63) is 11.6 Å². The minimum atomic E-state index is 0.0691. The van der Waals surface area contributed by atoms with E-state index in [2.05, 4.69) is 38.7 Å². The third-order valence-corrected chi connectivity index (χ3v) is 4.32. The zero-order valence-electron chi connectivity index (χ0n) is 12.1. The lowest BCUT2D eigenvalue weighted by atomic mass is 9.85. The summed E-state index contributed by atoms with van der Waals surface area (Å²) >= 11 is 0. The molecule has 2 N–H and O–H groups in total. The van der Waals surface area contributed by atoms with Gasteiger partial charge in [0.1, 0.15) is 0 Å². The SMILES string of the molecule is CCN(CC)C(C)(C)C(N)C1=CCCCCC1. The zero-order chi connectivity index (χ0) is 12.9. The molecule has 0 bridgehead atoms. The Labute approximate surface area is 107 Å². The Hall–Kier alpha value is -0.340. The van der Waals surface area contributed by atoms with E-state index in [1.165, 1.54) is 37.7 Å². The molecule has 2 heteroatoms. The van der Waals surface area contributed by atoms with Crippen LogP contribution in [-0.4, -0.2) is 29.6 Å². The number of hydrogen-bond donors (Lipinski definition) is 1. The first kappa shape index (κ1) is 14.7. The number of nitrogens with two attached hydrogens (primary N) is 1. The summed E-state index contributed by atoms with van der Waals surface area (Å²) in [5, 5.41) is 0. The summed E-state index contributed by atoms with van der Waals surface area (Å²) in [4.78, 5) is 2.48. The second-order valence-electron chi connectivity index (χ2n) is 5.68. The molecule has 1 rings (SSSR count). The van der Waals surface area contributed by atoms with E-state index < -0.39 is 0 Å². The van der Waals surface area contributed by atoms with Gasteiger partial charge in [0.25, 0.3) is 0 Å². The molecule has 2 nitrogen and oxygen atoms in total. The predicted octanol–water partition coefficient (Wildman–Crippen LogP) is 3.32. The predicted molar refractivity (Wildman–Crippen MR) is 76.1 cm³/mol. The van der Waals surface area contributed by atoms with E-state index in [0.29, 0.717) is 0 Å². The van der Waals surface area contributed by atoms with Gasteiger partial charge in [-0.2, -0.15) is 0 Å². The van der Waals surface area contributed by atoms with Crippen molar-refractivity contribution in [1.82, 2.24) is 4.90 Å². The highest BCUT2D eigenvalue weighted by Crippen LogP contribution is 2.27. The molecule has 0 aromatic rings. The monoisotopic (exact) mass is 238 g/mol. The quantitative estimate of drug-likeness (QED) is 0.744. The standard InChI is InChI=1S/C15H30N2/c1-5-17(6-2)15(3,4)14(16)13-11-9-7-8-10-12-13/h11,14H,5-10,12,16H2,1-4H3. The molecule has 0 saturated heterocycles. The summed E-state index contributed by atoms with van der Waals surface area (Å²) in [5.74, 6) is 0. The van der Waals surface area contributed by atoms with E-state index in [-0.39, 0.29) is 11.6 Å². The largest absolute Gasteiger partial charge is 0.323 e. The molecule has 100 valence electrons. The van der Waals surface area contributed by atoms with Crippen LogP contribution in [0, 0.1) is 0 Å². The summed E-state index contributed by atoms with van der Waals surface area (Å²) in [7, 11) is 0. The van der Waals surface area contributed by atoms with Crippen molar-refractivity contribution in [3.8, 4) is 0 Å². The maximum atomic E-state index is 6.54. The lowest BCUT2D eigenvalue weighted by Gasteiger charge is -2.42. The highest BCUT2D eigenvalue weighted by molar-refractivity contribution is 5.18. The first-order chi connectivity index (χ1) is 8.04. The van der Waals surface area contributed by atoms with E-state index in [1.54, 1.807) is 0 Å². The third-order valence-electron chi connectivity index (χ3n) is 4.32. The molecule has 0 aliphatic heterocycles. The van der Waals surface area contributed by atoms with Gasteiger partial charge in [-0.05, 0) is 52.6 Å². The van der Waals surface area contributed by atoms with Crippen LogP contribution in [0.4, 0.5) is 0 Å². The van der Waals surface area contributed by atoms with Crippen LogP contribution in [-0.2, 0) is 0 Å². The van der Waals surface area contributed by atoms with Gasteiger partial charge in [0.2, 0.25) is 0 Å². The zero-order valence-corrected chi connectivity index (χ0v) is 12.1. The van der Waals surface area contributed by atoms with Crippen molar-refractivity contribution >= 4 is 0 Å². The maximum Gasteiger partial charge on any atom is 0.0435 e. The fraction of sp³-hybridized carbons (Fsp3) is 0.867. The van der Waals surface area contributed by atoms with E-state index in [4.69, 9.17) is 5.73 Å². The van der Waals surface area contributed by atoms with Crippen LogP contribution in [0.2, 0.25) is 0 Å². The molecule has 0 aromatic carbocycles. The minimum Gasteiger partial charge on any atom is -0.323 e. The lowest BCUT2D eigenvalue weighted by Crippen LogP contribution is -2.56. The average molecular weight is 238 g/mol. The smallest absolute Gasteiger partial charge is 0.0435 e. The van der Waals surface area contributed by atoms with Gasteiger partial charge in [-0.25, -0.2) is 0 Å². The highest BCUT2D eigenvalue weighted by atomic mass is 15.2. The van der Waals surface area contributed by atoms with Crippen molar-refractivity contribution in [2.24, 2.45) is 5.73 Å². The molecule has 0 spiro atoms. The van der Waals surface area contributed by atoms with Crippen LogP contribution in [0.1, 0.15) is 59.8 Å². The van der Waals surface area contributed by atoms with Crippen LogP contribution >= 0.6 is 0 Å². The molecule has 0 aromatic heterocycles. The van der Waals surface area contributed by atoms with E-state index in [0.717, 1.165) is 13.1 Å². The second kappa shape index (κ2) is 6.55. The summed E-state index contributed by atoms with van der Waals surface area (Å²) in [5.41, 5.74) is 8.09. The summed E-state index contributed by atoms with van der Waals surface area (Å²) in [6, 6.07) is 0.181. The number of hydrogen-bond acceptors (Lipinski definition) is 2. The van der Waals surface area contributed by atoms with Gasteiger partial charge in [-0.3, -0.25) is 4.90 Å². The molecular formula is C15H30N2. The molecule has 17 heavy (non-hydrogen) atoms. The van der Waals surface area contributed by atoms with Crippen LogP contribution in [0.3, 0.4) is 0 Å². The molecule has 1 atom stereocenters. The first-order valence-corrected chi connectivity index (χ1v) is 7.23. The molecule has 0 fully saturated rings. The topological polar surface area (TPSA) is 29.3 Å². The second-order valence-corrected chi connectivity index (χ2v) is 5.68. The summed E-state index contributed by atoms with van der Waals surface area (Å²) < 4.78 is 0. The van der Waals surface area contributed by atoms with Gasteiger partial charge in [0, 0.05) is 11.6 Å². The molecule has 0 amide bonds. The number of allylic oxidation sites excluding steroid dienone is 1. The molecule has 0 saturated carbocycles. The van der Waals surface area contributed by atoms with Crippen molar-refractivity contribution < 1.29 is 0 Å². The Morgan fingerprint density at radius 2 is 1.88 bits per heavy atom. The number of rotatable bonds is 5. The Bertz CT molecular complexity index is 252. The van der Waals surface area contributed by atoms with Crippen LogP contribution < -0.4 is 5.73 Å². The molecule has 0 radical (unpaired) electrons. The number of likely N-dealkylation sites (N-methyl/N-ethyl adjacent to an activating group) is 1. The summed E-state index contributed by atoms with van der Waals surface area (Å²) in [6.07, 6.45) is 8.83. The van der Waals surface area contributed by atoms with Crippen molar-refractivity contribution in [3.63, 3.8) is 0 Å². The van der Waals surface area contributed by atoms with Crippen molar-refractivity contribution in [2.75, 3.05) is 13.1 Å². The normalized spacial score (nSPS) is 20.0. The highest BCUT2D eigenvalue weighted by Gasteiger charge is 2.33. The third kappa shape index (κ3) is 3.56. The molecule has 1 aliphatic carbocycles. The van der Waals surface area contributed by atoms with Crippen LogP contribution in [0.15, 0.2) is 11.6 Å². The van der Waals surface area contributed by atoms with Crippen LogP contribution in [0.5, 0.6) is 0 Å². The molecule has 1 unspecified atom stereocenters. The Morgan fingerprint density at radius 3 is 2.47 bits per heavy atom. The lowest BCUT2D eigenvalue weighted by molar-refractivity contribution is 0.117. The minimum absolute atomic E-state index is 0.0691. The Kier molecular flexibility index (Phi) is 5.68. The summed E-state index contributed by atoms with van der Waals surface area (Å²) in [6.45, 7) is 11.2.